The lowest BCUT2D eigenvalue weighted by Crippen LogP contribution is -2.43. The molecular weight excluding hydrogens is 258 g/mol. The van der Waals surface area contributed by atoms with Crippen LogP contribution in [0.1, 0.15) is 19.3 Å². The number of hydrogen-bond acceptors (Lipinski definition) is 5. The van der Waals surface area contributed by atoms with Gasteiger partial charge >= 0.3 is 0 Å². The summed E-state index contributed by atoms with van der Waals surface area (Å²) in [5, 5.41) is 6.08. The molecule has 0 spiro atoms. The molecule has 6 nitrogen and oxygen atoms in total. The van der Waals surface area contributed by atoms with Gasteiger partial charge in [-0.3, -0.25) is 4.79 Å². The van der Waals surface area contributed by atoms with E-state index in [0.717, 1.165) is 25.8 Å². The molecule has 0 aliphatic carbocycles. The lowest BCUT2D eigenvalue weighted by atomic mass is 10.0. The van der Waals surface area contributed by atoms with Crippen molar-refractivity contribution in [2.45, 2.75) is 25.3 Å². The van der Waals surface area contributed by atoms with Crippen molar-refractivity contribution < 1.29 is 14.3 Å². The van der Waals surface area contributed by atoms with Crippen LogP contribution in [0.4, 0.5) is 5.69 Å². The number of anilines is 1. The molecule has 0 bridgehead atoms. The van der Waals surface area contributed by atoms with Crippen LogP contribution in [0.3, 0.4) is 0 Å². The first-order valence-electron chi connectivity index (χ1n) is 6.91. The number of amides is 1. The highest BCUT2D eigenvalue weighted by molar-refractivity contribution is 5.94. The van der Waals surface area contributed by atoms with Crippen LogP contribution >= 0.6 is 0 Å². The van der Waals surface area contributed by atoms with Crippen molar-refractivity contribution in [3.05, 3.63) is 18.3 Å². The van der Waals surface area contributed by atoms with Gasteiger partial charge in [0.2, 0.25) is 11.8 Å². The fraction of sp³-hybridized carbons (Fsp3) is 0.571. The molecule has 1 aromatic rings. The summed E-state index contributed by atoms with van der Waals surface area (Å²) in [4.78, 5) is 16.1. The second-order valence-corrected chi connectivity index (χ2v) is 4.72. The lowest BCUT2D eigenvalue weighted by molar-refractivity contribution is -0.118. The summed E-state index contributed by atoms with van der Waals surface area (Å²) in [5.74, 6) is 0.524. The van der Waals surface area contributed by atoms with Crippen LogP contribution in [0.25, 0.3) is 0 Å². The second-order valence-electron chi connectivity index (χ2n) is 4.72. The Morgan fingerprint density at radius 1 is 1.45 bits per heavy atom. The summed E-state index contributed by atoms with van der Waals surface area (Å²) >= 11 is 0. The standard InChI is InChI=1S/C14H21N3O3/c1-19-8-9-20-13-6-5-11(10-16-13)17-14(18)12-4-2-3-7-15-12/h5-6,10,12,15H,2-4,7-9H2,1H3,(H,17,18)/t12-/m0/s1. The third-order valence-electron chi connectivity index (χ3n) is 3.17. The maximum absolute atomic E-state index is 12.0. The normalized spacial score (nSPS) is 18.6. The average molecular weight is 279 g/mol. The average Bonchev–Trinajstić information content (AvgIpc) is 2.50. The van der Waals surface area contributed by atoms with E-state index in [9.17, 15) is 4.79 Å². The molecule has 1 aliphatic rings. The minimum absolute atomic E-state index is 0.000415. The predicted molar refractivity (Wildman–Crippen MR) is 75.9 cm³/mol. The molecule has 0 aromatic carbocycles. The molecule has 2 rings (SSSR count). The topological polar surface area (TPSA) is 72.5 Å². The van der Waals surface area contributed by atoms with Gasteiger partial charge < -0.3 is 20.1 Å². The molecule has 1 fully saturated rings. The molecule has 1 atom stereocenters. The number of methoxy groups -OCH3 is 1. The van der Waals surface area contributed by atoms with Crippen molar-refractivity contribution in [1.29, 1.82) is 0 Å². The first kappa shape index (κ1) is 14.7. The first-order chi connectivity index (χ1) is 9.79. The van der Waals surface area contributed by atoms with Crippen LogP contribution in [0.5, 0.6) is 5.88 Å². The minimum atomic E-state index is -0.0959. The largest absolute Gasteiger partial charge is 0.475 e. The summed E-state index contributed by atoms with van der Waals surface area (Å²) in [5.41, 5.74) is 0.682. The van der Waals surface area contributed by atoms with Crippen molar-refractivity contribution in [1.82, 2.24) is 10.3 Å². The van der Waals surface area contributed by atoms with Gasteiger partial charge in [-0.15, -0.1) is 0 Å². The fourth-order valence-electron chi connectivity index (χ4n) is 2.07. The van der Waals surface area contributed by atoms with E-state index in [1.807, 2.05) is 0 Å². The van der Waals surface area contributed by atoms with E-state index < -0.39 is 0 Å². The van der Waals surface area contributed by atoms with E-state index in [4.69, 9.17) is 9.47 Å². The number of carbonyl (C=O) groups excluding carboxylic acids is 1. The van der Waals surface area contributed by atoms with Gasteiger partial charge in [-0.05, 0) is 25.5 Å². The van der Waals surface area contributed by atoms with E-state index in [1.54, 1.807) is 25.4 Å². The molecular formula is C14H21N3O3. The summed E-state index contributed by atoms with van der Waals surface area (Å²) in [7, 11) is 1.62. The van der Waals surface area contributed by atoms with Crippen molar-refractivity contribution in [3.63, 3.8) is 0 Å². The van der Waals surface area contributed by atoms with E-state index in [1.165, 1.54) is 0 Å². The Labute approximate surface area is 118 Å². The first-order valence-corrected chi connectivity index (χ1v) is 6.91. The molecule has 0 unspecified atom stereocenters. The summed E-state index contributed by atoms with van der Waals surface area (Å²) in [6.07, 6.45) is 4.72. The lowest BCUT2D eigenvalue weighted by Gasteiger charge is -2.22. The third kappa shape index (κ3) is 4.47. The predicted octanol–water partition coefficient (Wildman–Crippen LogP) is 1.19. The molecule has 2 heterocycles. The third-order valence-corrected chi connectivity index (χ3v) is 3.17. The van der Waals surface area contributed by atoms with Crippen LogP contribution in [0.2, 0.25) is 0 Å². The van der Waals surface area contributed by atoms with Crippen molar-refractivity contribution >= 4 is 11.6 Å². The van der Waals surface area contributed by atoms with Crippen molar-refractivity contribution in [2.75, 3.05) is 32.2 Å². The highest BCUT2D eigenvalue weighted by Gasteiger charge is 2.20. The van der Waals surface area contributed by atoms with E-state index in [0.29, 0.717) is 24.8 Å². The minimum Gasteiger partial charge on any atom is -0.475 e. The summed E-state index contributed by atoms with van der Waals surface area (Å²) in [6, 6.07) is 3.43. The number of nitrogens with zero attached hydrogens (tertiary/aromatic N) is 1. The molecule has 1 saturated heterocycles. The Kier molecular flexibility index (Phi) is 5.76. The molecule has 20 heavy (non-hydrogen) atoms. The molecule has 1 amide bonds. The fourth-order valence-corrected chi connectivity index (χ4v) is 2.07. The second kappa shape index (κ2) is 7.81. The number of ether oxygens (including phenoxy) is 2. The van der Waals surface area contributed by atoms with Crippen LogP contribution < -0.4 is 15.4 Å². The highest BCUT2D eigenvalue weighted by Crippen LogP contribution is 2.13. The molecule has 1 aromatic heterocycles. The SMILES string of the molecule is COCCOc1ccc(NC(=O)[C@@H]2CCCCN2)cn1. The van der Waals surface area contributed by atoms with Gasteiger partial charge in [-0.1, -0.05) is 6.42 Å². The van der Waals surface area contributed by atoms with Crippen LogP contribution in [0, 0.1) is 0 Å². The monoisotopic (exact) mass is 279 g/mol. The number of nitrogens with one attached hydrogen (secondary N) is 2. The van der Waals surface area contributed by atoms with Crippen LogP contribution in [-0.4, -0.2) is 43.8 Å². The Balaban J connectivity index is 1.81. The molecule has 2 N–H and O–H groups in total. The van der Waals surface area contributed by atoms with Gasteiger partial charge in [0.15, 0.2) is 0 Å². The van der Waals surface area contributed by atoms with E-state index in [-0.39, 0.29) is 11.9 Å². The van der Waals surface area contributed by atoms with E-state index in [2.05, 4.69) is 15.6 Å². The van der Waals surface area contributed by atoms with Gasteiger partial charge in [-0.2, -0.15) is 0 Å². The van der Waals surface area contributed by atoms with Crippen LogP contribution in [0.15, 0.2) is 18.3 Å². The summed E-state index contributed by atoms with van der Waals surface area (Å²) < 4.78 is 10.3. The Morgan fingerprint density at radius 3 is 3.00 bits per heavy atom. The molecule has 0 radical (unpaired) electrons. The number of piperidine rings is 1. The Bertz CT molecular complexity index is 416. The quantitative estimate of drug-likeness (QED) is 0.765. The number of hydrogen-bond donors (Lipinski definition) is 2. The van der Waals surface area contributed by atoms with Crippen molar-refractivity contribution in [2.24, 2.45) is 0 Å². The molecule has 0 saturated carbocycles. The zero-order valence-electron chi connectivity index (χ0n) is 11.7. The van der Waals surface area contributed by atoms with Crippen molar-refractivity contribution in [3.8, 4) is 5.88 Å². The number of aromatic nitrogens is 1. The smallest absolute Gasteiger partial charge is 0.241 e. The van der Waals surface area contributed by atoms with Gasteiger partial charge in [0.05, 0.1) is 24.5 Å². The zero-order valence-corrected chi connectivity index (χ0v) is 11.7. The molecule has 110 valence electrons. The number of rotatable bonds is 6. The molecule has 1 aliphatic heterocycles. The maximum atomic E-state index is 12.0. The van der Waals surface area contributed by atoms with Gasteiger partial charge in [-0.25, -0.2) is 4.98 Å². The number of carbonyl (C=O) groups is 1. The summed E-state index contributed by atoms with van der Waals surface area (Å²) in [6.45, 7) is 1.89. The Morgan fingerprint density at radius 2 is 2.35 bits per heavy atom. The molecule has 6 heteroatoms. The highest BCUT2D eigenvalue weighted by atomic mass is 16.5. The van der Waals surface area contributed by atoms with Gasteiger partial charge in [0, 0.05) is 13.2 Å². The Hall–Kier alpha value is -1.66. The number of pyridine rings is 1. The van der Waals surface area contributed by atoms with Gasteiger partial charge in [0.1, 0.15) is 6.61 Å². The van der Waals surface area contributed by atoms with Gasteiger partial charge in [0.25, 0.3) is 0 Å². The van der Waals surface area contributed by atoms with Crippen LogP contribution in [-0.2, 0) is 9.53 Å². The van der Waals surface area contributed by atoms with E-state index >= 15 is 0 Å². The maximum Gasteiger partial charge on any atom is 0.241 e. The zero-order chi connectivity index (χ0) is 14.2.